The summed E-state index contributed by atoms with van der Waals surface area (Å²) in [4.78, 5) is 2.55. The third kappa shape index (κ3) is 6.36. The zero-order valence-corrected chi connectivity index (χ0v) is 18.2. The number of rotatable bonds is 14. The normalized spacial score (nSPS) is 14.9. The first-order chi connectivity index (χ1) is 13.6. The molecule has 1 aliphatic heterocycles. The summed E-state index contributed by atoms with van der Waals surface area (Å²) in [6.07, 6.45) is 8.10. The Morgan fingerprint density at radius 3 is 2.11 bits per heavy atom. The van der Waals surface area contributed by atoms with E-state index in [1.54, 1.807) is 0 Å². The fraction of sp³-hybridized carbons (Fsp3) is 0.727. The fourth-order valence-electron chi connectivity index (χ4n) is 3.49. The summed E-state index contributed by atoms with van der Waals surface area (Å²) >= 11 is 0. The maximum absolute atomic E-state index is 4.46. The first-order valence-electron chi connectivity index (χ1n) is 11.1. The van der Waals surface area contributed by atoms with E-state index in [1.807, 2.05) is 0 Å². The Morgan fingerprint density at radius 2 is 1.54 bits per heavy atom. The van der Waals surface area contributed by atoms with Crippen molar-refractivity contribution in [1.82, 2.24) is 4.90 Å². The van der Waals surface area contributed by atoms with Crippen LogP contribution in [0.15, 0.2) is 38.9 Å². The molecule has 0 unspecified atom stereocenters. The molecule has 0 aromatic heterocycles. The standard InChI is InChI=1S/C22H38N6/c1-5-8-14-23-21-12-11-20(18-19(21)4)22(24-26-27-25-22)13-17-28(15-9-6-2)16-10-7-3/h11-12,18,23H,5-10,13-17H2,1-4H3. The number of benzene rings is 1. The molecule has 28 heavy (non-hydrogen) atoms. The highest BCUT2D eigenvalue weighted by atomic mass is 15.6. The van der Waals surface area contributed by atoms with Crippen molar-refractivity contribution in [1.29, 1.82) is 0 Å². The smallest absolute Gasteiger partial charge is 0.221 e. The van der Waals surface area contributed by atoms with E-state index in [4.69, 9.17) is 0 Å². The molecule has 0 aliphatic carbocycles. The number of aryl methyl sites for hydroxylation is 1. The van der Waals surface area contributed by atoms with Crippen molar-refractivity contribution in [2.75, 3.05) is 31.5 Å². The van der Waals surface area contributed by atoms with Gasteiger partial charge in [0.2, 0.25) is 5.66 Å². The highest BCUT2D eigenvalue weighted by Gasteiger charge is 2.36. The van der Waals surface area contributed by atoms with Crippen molar-refractivity contribution in [2.24, 2.45) is 20.7 Å². The molecule has 0 bridgehead atoms. The summed E-state index contributed by atoms with van der Waals surface area (Å²) in [6, 6.07) is 6.48. The molecule has 6 nitrogen and oxygen atoms in total. The highest BCUT2D eigenvalue weighted by molar-refractivity contribution is 5.53. The molecule has 156 valence electrons. The van der Waals surface area contributed by atoms with Gasteiger partial charge in [0.15, 0.2) is 0 Å². The van der Waals surface area contributed by atoms with Crippen LogP contribution in [-0.2, 0) is 5.66 Å². The molecular formula is C22H38N6. The number of nitrogens with one attached hydrogen (secondary N) is 1. The van der Waals surface area contributed by atoms with Crippen LogP contribution in [0.3, 0.4) is 0 Å². The average molecular weight is 387 g/mol. The van der Waals surface area contributed by atoms with Gasteiger partial charge in [-0.3, -0.25) is 0 Å². The van der Waals surface area contributed by atoms with Crippen molar-refractivity contribution < 1.29 is 0 Å². The van der Waals surface area contributed by atoms with E-state index in [1.165, 1.54) is 49.8 Å². The zero-order chi connectivity index (χ0) is 20.2. The van der Waals surface area contributed by atoms with Gasteiger partial charge in [-0.15, -0.1) is 10.2 Å². The van der Waals surface area contributed by atoms with Crippen LogP contribution in [0.1, 0.15) is 76.8 Å². The van der Waals surface area contributed by atoms with E-state index in [0.717, 1.165) is 38.2 Å². The first kappa shape index (κ1) is 22.5. The van der Waals surface area contributed by atoms with Crippen LogP contribution in [0, 0.1) is 6.92 Å². The molecule has 0 amide bonds. The first-order valence-corrected chi connectivity index (χ1v) is 11.1. The van der Waals surface area contributed by atoms with Crippen LogP contribution in [-0.4, -0.2) is 31.1 Å². The molecule has 0 fully saturated rings. The molecule has 0 spiro atoms. The third-order valence-electron chi connectivity index (χ3n) is 5.43. The van der Waals surface area contributed by atoms with E-state index in [2.05, 4.69) is 76.8 Å². The molecule has 1 heterocycles. The van der Waals surface area contributed by atoms with Crippen molar-refractivity contribution in [3.05, 3.63) is 29.3 Å². The van der Waals surface area contributed by atoms with E-state index in [-0.39, 0.29) is 0 Å². The Labute approximate surface area is 170 Å². The Balaban J connectivity index is 2.09. The van der Waals surface area contributed by atoms with Crippen molar-refractivity contribution >= 4 is 5.69 Å². The summed E-state index contributed by atoms with van der Waals surface area (Å²) in [5.74, 6) is 0. The summed E-state index contributed by atoms with van der Waals surface area (Å²) in [5, 5.41) is 20.2. The van der Waals surface area contributed by atoms with Gasteiger partial charge < -0.3 is 10.2 Å². The van der Waals surface area contributed by atoms with E-state index >= 15 is 0 Å². The molecule has 1 aliphatic rings. The monoisotopic (exact) mass is 386 g/mol. The van der Waals surface area contributed by atoms with Gasteiger partial charge in [0.05, 0.1) is 0 Å². The van der Waals surface area contributed by atoms with Crippen LogP contribution in [0.25, 0.3) is 0 Å². The van der Waals surface area contributed by atoms with Gasteiger partial charge >= 0.3 is 0 Å². The van der Waals surface area contributed by atoms with Crippen molar-refractivity contribution in [3.63, 3.8) is 0 Å². The van der Waals surface area contributed by atoms with Crippen molar-refractivity contribution in [3.8, 4) is 0 Å². The predicted octanol–water partition coefficient (Wildman–Crippen LogP) is 6.49. The molecule has 0 saturated heterocycles. The lowest BCUT2D eigenvalue weighted by Crippen LogP contribution is -2.32. The second-order valence-electron chi connectivity index (χ2n) is 7.80. The molecular weight excluding hydrogens is 348 g/mol. The van der Waals surface area contributed by atoms with Gasteiger partial charge in [-0.1, -0.05) is 46.1 Å². The van der Waals surface area contributed by atoms with Crippen LogP contribution < -0.4 is 5.32 Å². The summed E-state index contributed by atoms with van der Waals surface area (Å²) in [7, 11) is 0. The van der Waals surface area contributed by atoms with Gasteiger partial charge in [-0.25, -0.2) is 0 Å². The number of hydrogen-bond donors (Lipinski definition) is 1. The Kier molecular flexibility index (Phi) is 9.55. The number of anilines is 1. The molecule has 1 N–H and O–H groups in total. The van der Waals surface area contributed by atoms with E-state index in [9.17, 15) is 0 Å². The molecule has 1 aromatic carbocycles. The lowest BCUT2D eigenvalue weighted by atomic mass is 9.94. The minimum absolute atomic E-state index is 0.663. The minimum atomic E-state index is -0.663. The molecule has 2 rings (SSSR count). The molecule has 6 heteroatoms. The van der Waals surface area contributed by atoms with Gasteiger partial charge in [-0.2, -0.15) is 0 Å². The zero-order valence-electron chi connectivity index (χ0n) is 18.2. The summed E-state index contributed by atoms with van der Waals surface area (Å²) in [6.45, 7) is 13.1. The maximum atomic E-state index is 4.46. The average Bonchev–Trinajstić information content (AvgIpc) is 3.19. The van der Waals surface area contributed by atoms with Crippen LogP contribution in [0.5, 0.6) is 0 Å². The quantitative estimate of drug-likeness (QED) is 0.372. The number of nitrogens with zero attached hydrogens (tertiary/aromatic N) is 5. The van der Waals surface area contributed by atoms with Gasteiger partial charge in [0, 0.05) is 30.8 Å². The second-order valence-corrected chi connectivity index (χ2v) is 7.80. The fourth-order valence-corrected chi connectivity index (χ4v) is 3.49. The molecule has 1 aromatic rings. The maximum Gasteiger partial charge on any atom is 0.221 e. The molecule has 0 radical (unpaired) electrons. The Bertz CT molecular complexity index is 620. The number of unbranched alkanes of at least 4 members (excludes halogenated alkanes) is 3. The van der Waals surface area contributed by atoms with Gasteiger partial charge in [0.1, 0.15) is 0 Å². The summed E-state index contributed by atoms with van der Waals surface area (Å²) in [5.41, 5.74) is 2.83. The lowest BCUT2D eigenvalue weighted by Gasteiger charge is -2.27. The van der Waals surface area contributed by atoms with E-state index in [0.29, 0.717) is 0 Å². The Hall–Kier alpha value is -1.82. The van der Waals surface area contributed by atoms with Crippen LogP contribution in [0.4, 0.5) is 5.69 Å². The highest BCUT2D eigenvalue weighted by Crippen LogP contribution is 2.37. The third-order valence-corrected chi connectivity index (χ3v) is 5.43. The largest absolute Gasteiger partial charge is 0.385 e. The van der Waals surface area contributed by atoms with Gasteiger partial charge in [-0.05, 0) is 67.4 Å². The SMILES string of the molecule is CCCCNc1ccc(C2(CCN(CCCC)CCCC)N=NN=N2)cc1C. The molecule has 0 saturated carbocycles. The van der Waals surface area contributed by atoms with Crippen LogP contribution >= 0.6 is 0 Å². The predicted molar refractivity (Wildman–Crippen MR) is 117 cm³/mol. The van der Waals surface area contributed by atoms with Gasteiger partial charge in [0.25, 0.3) is 0 Å². The summed E-state index contributed by atoms with van der Waals surface area (Å²) < 4.78 is 0. The second kappa shape index (κ2) is 11.9. The molecule has 0 atom stereocenters. The van der Waals surface area contributed by atoms with Crippen LogP contribution in [0.2, 0.25) is 0 Å². The number of hydrogen-bond acceptors (Lipinski definition) is 6. The Morgan fingerprint density at radius 1 is 0.893 bits per heavy atom. The topological polar surface area (TPSA) is 64.7 Å². The lowest BCUT2D eigenvalue weighted by molar-refractivity contribution is 0.234. The van der Waals surface area contributed by atoms with Crippen molar-refractivity contribution in [2.45, 2.75) is 78.3 Å². The van der Waals surface area contributed by atoms with E-state index < -0.39 is 5.66 Å². The minimum Gasteiger partial charge on any atom is -0.385 e.